The normalized spacial score (nSPS) is 12.3. The molecule has 0 spiro atoms. The number of rotatable bonds is 4. The van der Waals surface area contributed by atoms with Crippen LogP contribution in [0, 0.1) is 0 Å². The first kappa shape index (κ1) is 14.2. The van der Waals surface area contributed by atoms with E-state index in [0.717, 1.165) is 16.8 Å². The number of nitrogens with one attached hydrogen (secondary N) is 1. The molecule has 0 aliphatic heterocycles. The van der Waals surface area contributed by atoms with Crippen LogP contribution in [0.3, 0.4) is 0 Å². The Kier molecular flexibility index (Phi) is 3.99. The van der Waals surface area contributed by atoms with Crippen LogP contribution in [-0.4, -0.2) is 12.1 Å². The first-order valence-corrected chi connectivity index (χ1v) is 7.86. The number of thiophene rings is 1. The zero-order valence-electron chi connectivity index (χ0n) is 11.8. The van der Waals surface area contributed by atoms with E-state index in [1.54, 1.807) is 18.4 Å². The molecule has 0 saturated carbocycles. The summed E-state index contributed by atoms with van der Waals surface area (Å²) in [5.74, 6) is 0.677. The fourth-order valence-electron chi connectivity index (χ4n) is 2.19. The van der Waals surface area contributed by atoms with Crippen molar-refractivity contribution in [1.82, 2.24) is 4.98 Å². The largest absolute Gasteiger partial charge is 0.495 e. The zero-order chi connectivity index (χ0) is 14.8. The molecule has 0 saturated heterocycles. The second-order valence-electron chi connectivity index (χ2n) is 4.79. The number of anilines is 1. The lowest BCUT2D eigenvalue weighted by Crippen LogP contribution is -2.06. The van der Waals surface area contributed by atoms with Gasteiger partial charge < -0.3 is 10.1 Å². The van der Waals surface area contributed by atoms with Crippen LogP contribution in [0.25, 0.3) is 10.2 Å². The number of aromatic nitrogens is 1. The number of hydrogen-bond acceptors (Lipinski definition) is 4. The smallest absolute Gasteiger partial charge is 0.137 e. The van der Waals surface area contributed by atoms with Crippen LogP contribution in [0.1, 0.15) is 18.5 Å². The van der Waals surface area contributed by atoms with Gasteiger partial charge in [0.15, 0.2) is 0 Å². The highest BCUT2D eigenvalue weighted by Crippen LogP contribution is 2.30. The maximum absolute atomic E-state index is 6.15. The standard InChI is InChI=1S/C16H15ClN2OS/c1-10(11-7-16-14(18-9-11)5-6-21-16)19-12-3-4-15(20-2)13(17)8-12/h3-10,19H,1-2H3. The second kappa shape index (κ2) is 5.92. The summed E-state index contributed by atoms with van der Waals surface area (Å²) >= 11 is 7.85. The molecule has 0 amide bonds. The maximum Gasteiger partial charge on any atom is 0.137 e. The lowest BCUT2D eigenvalue weighted by atomic mass is 10.1. The summed E-state index contributed by atoms with van der Waals surface area (Å²) in [7, 11) is 1.61. The van der Waals surface area contributed by atoms with Crippen molar-refractivity contribution in [2.24, 2.45) is 0 Å². The number of fused-ring (bicyclic) bond motifs is 1. The third-order valence-electron chi connectivity index (χ3n) is 3.36. The first-order valence-electron chi connectivity index (χ1n) is 6.60. The molecule has 5 heteroatoms. The summed E-state index contributed by atoms with van der Waals surface area (Å²) in [6.45, 7) is 2.11. The van der Waals surface area contributed by atoms with Gasteiger partial charge in [0, 0.05) is 11.9 Å². The van der Waals surface area contributed by atoms with Gasteiger partial charge in [-0.15, -0.1) is 11.3 Å². The van der Waals surface area contributed by atoms with Crippen molar-refractivity contribution in [2.45, 2.75) is 13.0 Å². The minimum Gasteiger partial charge on any atom is -0.495 e. The average molecular weight is 319 g/mol. The van der Waals surface area contributed by atoms with Gasteiger partial charge in [0.25, 0.3) is 0 Å². The lowest BCUT2D eigenvalue weighted by molar-refractivity contribution is 0.415. The Morgan fingerprint density at radius 1 is 1.29 bits per heavy atom. The summed E-state index contributed by atoms with van der Waals surface area (Å²) in [5.41, 5.74) is 3.15. The second-order valence-corrected chi connectivity index (χ2v) is 6.14. The quantitative estimate of drug-likeness (QED) is 0.724. The molecule has 1 unspecified atom stereocenters. The fraction of sp³-hybridized carbons (Fsp3) is 0.188. The van der Waals surface area contributed by atoms with Crippen LogP contribution >= 0.6 is 22.9 Å². The molecule has 3 rings (SSSR count). The van der Waals surface area contributed by atoms with Gasteiger partial charge in [-0.2, -0.15) is 0 Å². The molecule has 0 aliphatic rings. The van der Waals surface area contributed by atoms with E-state index in [0.29, 0.717) is 10.8 Å². The van der Waals surface area contributed by atoms with Crippen molar-refractivity contribution in [2.75, 3.05) is 12.4 Å². The number of nitrogens with zero attached hydrogens (tertiary/aromatic N) is 1. The van der Waals surface area contributed by atoms with E-state index >= 15 is 0 Å². The molecular formula is C16H15ClN2OS. The molecule has 0 radical (unpaired) electrons. The summed E-state index contributed by atoms with van der Waals surface area (Å²) in [6, 6.07) is 10.0. The van der Waals surface area contributed by atoms with Crippen LogP contribution in [0.2, 0.25) is 5.02 Å². The van der Waals surface area contributed by atoms with Crippen LogP contribution < -0.4 is 10.1 Å². The van der Waals surface area contributed by atoms with Gasteiger partial charge in [-0.3, -0.25) is 4.98 Å². The van der Waals surface area contributed by atoms with Crippen molar-refractivity contribution >= 4 is 38.8 Å². The first-order chi connectivity index (χ1) is 10.2. The van der Waals surface area contributed by atoms with Gasteiger partial charge in [0.05, 0.1) is 28.4 Å². The van der Waals surface area contributed by atoms with Crippen molar-refractivity contribution in [3.8, 4) is 5.75 Å². The van der Waals surface area contributed by atoms with Crippen LogP contribution in [0.5, 0.6) is 5.75 Å². The van der Waals surface area contributed by atoms with Gasteiger partial charge in [-0.05, 0) is 48.2 Å². The van der Waals surface area contributed by atoms with Gasteiger partial charge >= 0.3 is 0 Å². The summed E-state index contributed by atoms with van der Waals surface area (Å²) in [4.78, 5) is 4.47. The fourth-order valence-corrected chi connectivity index (χ4v) is 3.23. The van der Waals surface area contributed by atoms with Crippen molar-refractivity contribution in [3.05, 3.63) is 52.5 Å². The van der Waals surface area contributed by atoms with Crippen molar-refractivity contribution in [1.29, 1.82) is 0 Å². The lowest BCUT2D eigenvalue weighted by Gasteiger charge is -2.16. The minimum absolute atomic E-state index is 0.147. The minimum atomic E-state index is 0.147. The number of ether oxygens (including phenoxy) is 1. The number of halogens is 1. The molecule has 2 heterocycles. The number of pyridine rings is 1. The molecule has 0 aliphatic carbocycles. The van der Waals surface area contributed by atoms with Gasteiger partial charge in [0.2, 0.25) is 0 Å². The SMILES string of the molecule is COc1ccc(NC(C)c2cnc3ccsc3c2)cc1Cl. The topological polar surface area (TPSA) is 34.1 Å². The molecule has 1 N–H and O–H groups in total. The summed E-state index contributed by atoms with van der Waals surface area (Å²) in [5, 5.41) is 6.09. The molecular weight excluding hydrogens is 304 g/mol. The Bertz CT molecular complexity index is 772. The van der Waals surface area contributed by atoms with E-state index in [9.17, 15) is 0 Å². The molecule has 108 valence electrons. The Labute approximate surface area is 132 Å². The number of methoxy groups -OCH3 is 1. The highest BCUT2D eigenvalue weighted by molar-refractivity contribution is 7.17. The molecule has 1 atom stereocenters. The van der Waals surface area contributed by atoms with Crippen molar-refractivity contribution < 1.29 is 4.74 Å². The van der Waals surface area contributed by atoms with E-state index in [4.69, 9.17) is 16.3 Å². The maximum atomic E-state index is 6.15. The van der Waals surface area contributed by atoms with Crippen LogP contribution in [0.15, 0.2) is 41.9 Å². The molecule has 0 fully saturated rings. The Morgan fingerprint density at radius 3 is 2.90 bits per heavy atom. The molecule has 3 aromatic rings. The highest BCUT2D eigenvalue weighted by Gasteiger charge is 2.09. The zero-order valence-corrected chi connectivity index (χ0v) is 13.3. The predicted octanol–water partition coefficient (Wildman–Crippen LogP) is 5.13. The van der Waals surface area contributed by atoms with Crippen LogP contribution in [-0.2, 0) is 0 Å². The Hall–Kier alpha value is -1.78. The monoisotopic (exact) mass is 318 g/mol. The number of benzene rings is 1. The third kappa shape index (κ3) is 2.96. The van der Waals surface area contributed by atoms with E-state index in [-0.39, 0.29) is 6.04 Å². The summed E-state index contributed by atoms with van der Waals surface area (Å²) < 4.78 is 6.36. The summed E-state index contributed by atoms with van der Waals surface area (Å²) in [6.07, 6.45) is 1.91. The Balaban J connectivity index is 1.81. The van der Waals surface area contributed by atoms with Gasteiger partial charge in [-0.1, -0.05) is 11.6 Å². The molecule has 1 aromatic carbocycles. The average Bonchev–Trinajstić information content (AvgIpc) is 2.94. The Morgan fingerprint density at radius 2 is 2.14 bits per heavy atom. The van der Waals surface area contributed by atoms with E-state index in [1.165, 1.54) is 4.70 Å². The predicted molar refractivity (Wildman–Crippen MR) is 89.7 cm³/mol. The molecule has 0 bridgehead atoms. The number of hydrogen-bond donors (Lipinski definition) is 1. The van der Waals surface area contributed by atoms with Gasteiger partial charge in [0.1, 0.15) is 5.75 Å². The molecule has 21 heavy (non-hydrogen) atoms. The highest BCUT2D eigenvalue weighted by atomic mass is 35.5. The molecule has 2 aromatic heterocycles. The van der Waals surface area contributed by atoms with E-state index < -0.39 is 0 Å². The van der Waals surface area contributed by atoms with Crippen molar-refractivity contribution in [3.63, 3.8) is 0 Å². The van der Waals surface area contributed by atoms with E-state index in [2.05, 4.69) is 28.7 Å². The molecule has 3 nitrogen and oxygen atoms in total. The third-order valence-corrected chi connectivity index (χ3v) is 4.51. The van der Waals surface area contributed by atoms with E-state index in [1.807, 2.05) is 30.5 Å². The van der Waals surface area contributed by atoms with Crippen LogP contribution in [0.4, 0.5) is 5.69 Å². The van der Waals surface area contributed by atoms with Gasteiger partial charge in [-0.25, -0.2) is 0 Å².